The summed E-state index contributed by atoms with van der Waals surface area (Å²) in [7, 11) is 6.40. The number of nitrogens with one attached hydrogen (secondary N) is 1. The van der Waals surface area contributed by atoms with Crippen molar-refractivity contribution in [3.05, 3.63) is 35.4 Å². The van der Waals surface area contributed by atoms with Crippen LogP contribution in [0.5, 0.6) is 34.5 Å². The molecule has 2 aromatic carbocycles. The third-order valence-corrected chi connectivity index (χ3v) is 8.39. The number of hydrogen-bond donors (Lipinski definition) is 1. The molecule has 2 aromatic rings. The predicted molar refractivity (Wildman–Crippen MR) is 182 cm³/mol. The Morgan fingerprint density at radius 1 is 0.761 bits per heavy atom. The maximum Gasteiger partial charge on any atom is 0.207 e. The van der Waals surface area contributed by atoms with Crippen LogP contribution < -0.4 is 33.7 Å². The molecule has 2 atom stereocenters. The quantitative estimate of drug-likeness (QED) is 0.0861. The highest BCUT2D eigenvalue weighted by Crippen LogP contribution is 2.47. The molecule has 0 fully saturated rings. The van der Waals surface area contributed by atoms with Gasteiger partial charge in [-0.25, -0.2) is 0 Å². The number of unbranched alkanes of at least 4 members (excludes halogenated alkanes) is 4. The zero-order valence-corrected chi connectivity index (χ0v) is 29.2. The average Bonchev–Trinajstić information content (AvgIpc) is 3.08. The molecule has 0 saturated heterocycles. The van der Waals surface area contributed by atoms with E-state index in [1.54, 1.807) is 28.4 Å². The molecule has 0 aromatic heterocycles. The van der Waals surface area contributed by atoms with Crippen LogP contribution in [0.25, 0.3) is 0 Å². The lowest BCUT2D eigenvalue weighted by Crippen LogP contribution is -2.31. The van der Waals surface area contributed by atoms with E-state index in [9.17, 15) is 10.1 Å². The molecule has 1 amide bonds. The Balaban J connectivity index is 2.40. The molecule has 0 aliphatic heterocycles. The summed E-state index contributed by atoms with van der Waals surface area (Å²) in [6.07, 6.45) is 10.9. The zero-order valence-electron chi connectivity index (χ0n) is 29.2. The van der Waals surface area contributed by atoms with E-state index >= 15 is 0 Å². The van der Waals surface area contributed by atoms with E-state index in [4.69, 9.17) is 28.4 Å². The number of benzene rings is 2. The Bertz CT molecular complexity index is 1230. The molecule has 0 aliphatic rings. The fourth-order valence-corrected chi connectivity index (χ4v) is 5.91. The second-order valence-electron chi connectivity index (χ2n) is 11.6. The summed E-state index contributed by atoms with van der Waals surface area (Å²) in [4.78, 5) is 11.8. The van der Waals surface area contributed by atoms with E-state index in [-0.39, 0.29) is 6.04 Å². The molecule has 0 aliphatic carbocycles. The highest BCUT2D eigenvalue weighted by Gasteiger charge is 2.33. The number of rotatable bonds is 25. The molecule has 0 unspecified atom stereocenters. The molecule has 0 bridgehead atoms. The standard InChI is InChI=1S/C37H56N2O7/c1-8-11-13-21-45-33-24-28(34(46-22-14-12-9-2)36(44-7)35(33)43-6)23-30(39-27-40)16-15-20-37(26-38,19-10-3)29-17-18-31(41-4)32(25-29)42-5/h17-18,24-25,27,30H,8-16,19-23H2,1-7H3,(H,39,40)/t30-,37-/m0/s1. The van der Waals surface area contributed by atoms with Crippen LogP contribution in [0.1, 0.15) is 103 Å². The summed E-state index contributed by atoms with van der Waals surface area (Å²) < 4.78 is 35.1. The van der Waals surface area contributed by atoms with Gasteiger partial charge in [-0.05, 0) is 68.7 Å². The van der Waals surface area contributed by atoms with Gasteiger partial charge in [0, 0.05) is 11.6 Å². The molecule has 0 radical (unpaired) electrons. The molecule has 0 saturated carbocycles. The Morgan fingerprint density at radius 2 is 1.43 bits per heavy atom. The lowest BCUT2D eigenvalue weighted by Gasteiger charge is -2.29. The molecule has 46 heavy (non-hydrogen) atoms. The first-order chi connectivity index (χ1) is 22.4. The van der Waals surface area contributed by atoms with Gasteiger partial charge < -0.3 is 33.7 Å². The van der Waals surface area contributed by atoms with Crippen molar-refractivity contribution < 1.29 is 33.2 Å². The van der Waals surface area contributed by atoms with Gasteiger partial charge in [0.05, 0.1) is 53.1 Å². The smallest absolute Gasteiger partial charge is 0.207 e. The maximum atomic E-state index is 11.8. The van der Waals surface area contributed by atoms with Crippen molar-refractivity contribution in [2.45, 2.75) is 109 Å². The second kappa shape index (κ2) is 21.1. The topological polar surface area (TPSA) is 108 Å². The minimum Gasteiger partial charge on any atom is -0.493 e. The van der Waals surface area contributed by atoms with Crippen LogP contribution in [0.3, 0.4) is 0 Å². The van der Waals surface area contributed by atoms with Gasteiger partial charge in [0.2, 0.25) is 17.9 Å². The van der Waals surface area contributed by atoms with Crippen LogP contribution in [0, 0.1) is 11.3 Å². The fraction of sp³-hybridized carbons (Fsp3) is 0.622. The number of hydrogen-bond acceptors (Lipinski definition) is 8. The van der Waals surface area contributed by atoms with Crippen LogP contribution in [-0.2, 0) is 16.6 Å². The predicted octanol–water partition coefficient (Wildman–Crippen LogP) is 7.95. The SMILES string of the molecule is CCCCCOc1cc(C[C@H](CCC[C@](C#N)(CCC)c2ccc(OC)c(OC)c2)NC=O)c(OCCCCC)c(OC)c1OC. The summed E-state index contributed by atoms with van der Waals surface area (Å²) in [5, 5.41) is 13.5. The Morgan fingerprint density at radius 3 is 2.00 bits per heavy atom. The molecular formula is C37H56N2O7. The molecule has 0 spiro atoms. The first kappa shape index (κ1) is 38.4. The number of amides is 1. The van der Waals surface area contributed by atoms with E-state index < -0.39 is 5.41 Å². The van der Waals surface area contributed by atoms with Crippen LogP contribution >= 0.6 is 0 Å². The number of nitriles is 1. The molecule has 1 N–H and O–H groups in total. The first-order valence-electron chi connectivity index (χ1n) is 16.8. The molecule has 9 heteroatoms. The lowest BCUT2D eigenvalue weighted by molar-refractivity contribution is -0.110. The largest absolute Gasteiger partial charge is 0.493 e. The number of carbonyl (C=O) groups is 1. The van der Waals surface area contributed by atoms with Crippen molar-refractivity contribution in [3.8, 4) is 40.6 Å². The summed E-state index contributed by atoms with van der Waals surface area (Å²) in [5.41, 5.74) is 1.08. The van der Waals surface area contributed by atoms with Gasteiger partial charge in [0.25, 0.3) is 0 Å². The molecule has 256 valence electrons. The van der Waals surface area contributed by atoms with Gasteiger partial charge in [-0.1, -0.05) is 58.9 Å². The normalized spacial score (nSPS) is 12.7. The molecular weight excluding hydrogens is 584 g/mol. The average molecular weight is 641 g/mol. The third-order valence-electron chi connectivity index (χ3n) is 8.39. The van der Waals surface area contributed by atoms with Crippen molar-refractivity contribution in [1.29, 1.82) is 5.26 Å². The number of methoxy groups -OCH3 is 4. The first-order valence-corrected chi connectivity index (χ1v) is 16.8. The van der Waals surface area contributed by atoms with E-state index in [2.05, 4.69) is 32.2 Å². The van der Waals surface area contributed by atoms with Crippen molar-refractivity contribution in [3.63, 3.8) is 0 Å². The summed E-state index contributed by atoms with van der Waals surface area (Å²) in [6.45, 7) is 7.50. The summed E-state index contributed by atoms with van der Waals surface area (Å²) in [6, 6.07) is 10.1. The van der Waals surface area contributed by atoms with Crippen molar-refractivity contribution in [2.75, 3.05) is 41.7 Å². The Labute approximate surface area is 276 Å². The zero-order chi connectivity index (χ0) is 33.8. The summed E-state index contributed by atoms with van der Waals surface area (Å²) >= 11 is 0. The minimum absolute atomic E-state index is 0.204. The molecule has 9 nitrogen and oxygen atoms in total. The van der Waals surface area contributed by atoms with Crippen LogP contribution in [-0.4, -0.2) is 54.1 Å². The van der Waals surface area contributed by atoms with Crippen molar-refractivity contribution in [2.24, 2.45) is 0 Å². The highest BCUT2D eigenvalue weighted by molar-refractivity contribution is 5.63. The maximum absolute atomic E-state index is 11.8. The van der Waals surface area contributed by atoms with Gasteiger partial charge in [0.1, 0.15) is 0 Å². The third kappa shape index (κ3) is 10.6. The Kier molecular flexibility index (Phi) is 17.6. The Hall–Kier alpha value is -3.80. The highest BCUT2D eigenvalue weighted by atomic mass is 16.5. The second-order valence-corrected chi connectivity index (χ2v) is 11.6. The molecule has 0 heterocycles. The monoisotopic (exact) mass is 640 g/mol. The van der Waals surface area contributed by atoms with Gasteiger partial charge >= 0.3 is 0 Å². The number of ether oxygens (including phenoxy) is 6. The van der Waals surface area contributed by atoms with Crippen LogP contribution in [0.15, 0.2) is 24.3 Å². The fourth-order valence-electron chi connectivity index (χ4n) is 5.91. The summed E-state index contributed by atoms with van der Waals surface area (Å²) in [5.74, 6) is 3.42. The van der Waals surface area contributed by atoms with Gasteiger partial charge in [-0.3, -0.25) is 4.79 Å². The van der Waals surface area contributed by atoms with Crippen molar-refractivity contribution in [1.82, 2.24) is 5.32 Å². The van der Waals surface area contributed by atoms with E-state index in [1.165, 1.54) is 0 Å². The van der Waals surface area contributed by atoms with Crippen LogP contribution in [0.2, 0.25) is 0 Å². The van der Waals surface area contributed by atoms with E-state index in [0.717, 1.165) is 62.5 Å². The van der Waals surface area contributed by atoms with Gasteiger partial charge in [-0.15, -0.1) is 0 Å². The van der Waals surface area contributed by atoms with E-state index in [1.807, 2.05) is 24.3 Å². The number of nitrogens with zero attached hydrogens (tertiary/aromatic N) is 1. The number of carbonyl (C=O) groups excluding carboxylic acids is 1. The van der Waals surface area contributed by atoms with Gasteiger partial charge in [0.15, 0.2) is 23.0 Å². The van der Waals surface area contributed by atoms with Crippen LogP contribution in [0.4, 0.5) is 0 Å². The molecule has 2 rings (SSSR count). The lowest BCUT2D eigenvalue weighted by atomic mass is 9.74. The van der Waals surface area contributed by atoms with Gasteiger partial charge in [-0.2, -0.15) is 5.26 Å². The van der Waals surface area contributed by atoms with Crippen molar-refractivity contribution >= 4 is 6.41 Å². The van der Waals surface area contributed by atoms with E-state index in [0.29, 0.717) is 79.8 Å². The minimum atomic E-state index is -0.698.